The minimum absolute atomic E-state index is 0.0860. The molecule has 2 saturated heterocycles. The normalized spacial score (nSPS) is 25.6. The van der Waals surface area contributed by atoms with Crippen molar-refractivity contribution in [2.45, 2.75) is 88.9 Å². The molecule has 3 aliphatic heterocycles. The molecular weight excluding hydrogens is 458 g/mol. The molecule has 1 aromatic carbocycles. The van der Waals surface area contributed by atoms with E-state index in [1.165, 1.54) is 6.42 Å². The number of carbonyl (C=O) groups excluding carboxylic acids is 2. The summed E-state index contributed by atoms with van der Waals surface area (Å²) >= 11 is 0. The fourth-order valence-electron chi connectivity index (χ4n) is 6.48. The number of benzene rings is 1. The Morgan fingerprint density at radius 3 is 2.53 bits per heavy atom. The first-order chi connectivity index (χ1) is 17.5. The van der Waals surface area contributed by atoms with Crippen molar-refractivity contribution in [1.82, 2.24) is 15.1 Å². The van der Waals surface area contributed by atoms with Gasteiger partial charge in [0.25, 0.3) is 0 Å². The number of hydrogen-bond donors (Lipinski definition) is 2. The van der Waals surface area contributed by atoms with E-state index >= 15 is 0 Å². The lowest BCUT2D eigenvalue weighted by molar-refractivity contribution is -0.166. The van der Waals surface area contributed by atoms with Gasteiger partial charge in [-0.1, -0.05) is 38.7 Å². The number of fused-ring (bicyclic) bond motifs is 1. The molecule has 1 spiro atoms. The van der Waals surface area contributed by atoms with Crippen molar-refractivity contribution in [3.63, 3.8) is 0 Å². The molecule has 36 heavy (non-hydrogen) atoms. The van der Waals surface area contributed by atoms with E-state index in [0.717, 1.165) is 75.2 Å². The number of amides is 2. The van der Waals surface area contributed by atoms with E-state index in [0.29, 0.717) is 32.6 Å². The molecule has 4 aliphatic rings. The van der Waals surface area contributed by atoms with E-state index in [4.69, 9.17) is 9.47 Å². The maximum Gasteiger partial charge on any atom is 0.248 e. The summed E-state index contributed by atoms with van der Waals surface area (Å²) in [5, 5.41) is 14.1. The van der Waals surface area contributed by atoms with E-state index < -0.39 is 17.7 Å². The Morgan fingerprint density at radius 1 is 1.08 bits per heavy atom. The zero-order valence-corrected chi connectivity index (χ0v) is 21.5. The number of nitrogens with zero attached hydrogens (tertiary/aromatic N) is 2. The van der Waals surface area contributed by atoms with Crippen molar-refractivity contribution in [3.8, 4) is 11.5 Å². The van der Waals surface area contributed by atoms with E-state index in [9.17, 15) is 14.7 Å². The second-order valence-electron chi connectivity index (χ2n) is 11.0. The monoisotopic (exact) mass is 499 g/mol. The van der Waals surface area contributed by atoms with Crippen LogP contribution in [0.5, 0.6) is 11.5 Å². The first kappa shape index (κ1) is 25.3. The van der Waals surface area contributed by atoms with E-state index in [-0.39, 0.29) is 17.7 Å². The Balaban J connectivity index is 1.27. The zero-order chi connectivity index (χ0) is 25.1. The molecular formula is C28H41N3O5. The minimum atomic E-state index is -0.821. The highest BCUT2D eigenvalue weighted by atomic mass is 16.6. The van der Waals surface area contributed by atoms with Crippen LogP contribution in [0, 0.1) is 5.92 Å². The van der Waals surface area contributed by atoms with Crippen LogP contribution in [-0.4, -0.2) is 77.3 Å². The van der Waals surface area contributed by atoms with Gasteiger partial charge >= 0.3 is 0 Å². The Labute approximate surface area is 214 Å². The third kappa shape index (κ3) is 4.94. The van der Waals surface area contributed by atoms with Gasteiger partial charge in [-0.15, -0.1) is 0 Å². The van der Waals surface area contributed by atoms with Gasteiger partial charge in [-0.3, -0.25) is 14.5 Å². The molecule has 0 bridgehead atoms. The summed E-state index contributed by atoms with van der Waals surface area (Å²) in [6, 6.07) is 5.26. The fraction of sp³-hybridized carbons (Fsp3) is 0.714. The molecule has 1 saturated carbocycles. The summed E-state index contributed by atoms with van der Waals surface area (Å²) in [5.74, 6) is 1.48. The molecule has 5 rings (SSSR count). The molecule has 1 aliphatic carbocycles. The lowest BCUT2D eigenvalue weighted by atomic mass is 9.78. The summed E-state index contributed by atoms with van der Waals surface area (Å²) in [6.07, 6.45) is 7.41. The average Bonchev–Trinajstić information content (AvgIpc) is 2.92. The summed E-state index contributed by atoms with van der Waals surface area (Å²) in [6.45, 7) is 6.04. The molecule has 0 aromatic heterocycles. The molecule has 198 valence electrons. The van der Waals surface area contributed by atoms with Crippen molar-refractivity contribution < 1.29 is 24.2 Å². The Kier molecular flexibility index (Phi) is 7.72. The van der Waals surface area contributed by atoms with Crippen LogP contribution in [0.1, 0.15) is 70.3 Å². The SMILES string of the molecule is CCCCN1C(=O)C(C(O)C2CCCCC2)NC(=O)C12CCN(Cc1ccc3c(c1)OCCO3)CC2. The number of unbranched alkanes of at least 4 members (excludes halogenated alkanes) is 1. The maximum absolute atomic E-state index is 13.8. The smallest absolute Gasteiger partial charge is 0.248 e. The van der Waals surface area contributed by atoms with E-state index in [1.54, 1.807) is 0 Å². The number of aliphatic hydroxyl groups excluding tert-OH is 1. The number of hydrogen-bond acceptors (Lipinski definition) is 6. The summed E-state index contributed by atoms with van der Waals surface area (Å²) in [5.41, 5.74) is 0.330. The van der Waals surface area contributed by atoms with Crippen LogP contribution in [0.2, 0.25) is 0 Å². The number of aliphatic hydroxyl groups is 1. The van der Waals surface area contributed by atoms with Crippen molar-refractivity contribution in [2.75, 3.05) is 32.8 Å². The Bertz CT molecular complexity index is 939. The number of rotatable bonds is 7. The van der Waals surface area contributed by atoms with Crippen molar-refractivity contribution in [1.29, 1.82) is 0 Å². The molecule has 2 amide bonds. The molecule has 8 nitrogen and oxygen atoms in total. The highest BCUT2D eigenvalue weighted by Gasteiger charge is 2.55. The van der Waals surface area contributed by atoms with Gasteiger partial charge in [0.15, 0.2) is 11.5 Å². The third-order valence-corrected chi connectivity index (χ3v) is 8.66. The van der Waals surface area contributed by atoms with Gasteiger partial charge in [0.1, 0.15) is 24.8 Å². The lowest BCUT2D eigenvalue weighted by Gasteiger charge is -2.52. The first-order valence-corrected chi connectivity index (χ1v) is 13.9. The first-order valence-electron chi connectivity index (χ1n) is 13.9. The standard InChI is InChI=1S/C28H41N3O5/c1-2-3-13-31-26(33)24(25(32)21-7-5-4-6-8-21)29-27(34)28(31)11-14-30(15-12-28)19-20-9-10-22-23(18-20)36-17-16-35-22/h9-10,18,21,24-25,32H,2-8,11-17,19H2,1H3,(H,29,34). The molecule has 0 radical (unpaired) electrons. The van der Waals surface area contributed by atoms with Gasteiger partial charge in [0, 0.05) is 26.2 Å². The predicted octanol–water partition coefficient (Wildman–Crippen LogP) is 2.86. The lowest BCUT2D eigenvalue weighted by Crippen LogP contribution is -2.75. The van der Waals surface area contributed by atoms with Gasteiger partial charge in [0.05, 0.1) is 6.10 Å². The number of ether oxygens (including phenoxy) is 2. The molecule has 2 N–H and O–H groups in total. The predicted molar refractivity (Wildman–Crippen MR) is 136 cm³/mol. The van der Waals surface area contributed by atoms with Crippen LogP contribution in [-0.2, 0) is 16.1 Å². The average molecular weight is 500 g/mol. The van der Waals surface area contributed by atoms with Crippen LogP contribution in [0.4, 0.5) is 0 Å². The highest BCUT2D eigenvalue weighted by Crippen LogP contribution is 2.37. The van der Waals surface area contributed by atoms with Crippen LogP contribution >= 0.6 is 0 Å². The Morgan fingerprint density at radius 2 is 1.81 bits per heavy atom. The summed E-state index contributed by atoms with van der Waals surface area (Å²) < 4.78 is 11.4. The number of carbonyl (C=O) groups is 2. The number of piperidine rings is 1. The Hall–Kier alpha value is -2.32. The van der Waals surface area contributed by atoms with E-state index in [2.05, 4.69) is 23.2 Å². The fourth-order valence-corrected chi connectivity index (χ4v) is 6.48. The van der Waals surface area contributed by atoms with Crippen LogP contribution in [0.3, 0.4) is 0 Å². The van der Waals surface area contributed by atoms with Crippen LogP contribution in [0.25, 0.3) is 0 Å². The second kappa shape index (κ2) is 11.0. The third-order valence-electron chi connectivity index (χ3n) is 8.66. The van der Waals surface area contributed by atoms with Gasteiger partial charge in [-0.05, 0) is 55.7 Å². The summed E-state index contributed by atoms with van der Waals surface area (Å²) in [4.78, 5) is 31.6. The van der Waals surface area contributed by atoms with Crippen molar-refractivity contribution >= 4 is 11.8 Å². The van der Waals surface area contributed by atoms with Gasteiger partial charge in [0.2, 0.25) is 11.8 Å². The van der Waals surface area contributed by atoms with E-state index in [1.807, 2.05) is 17.0 Å². The molecule has 8 heteroatoms. The van der Waals surface area contributed by atoms with Crippen molar-refractivity contribution in [3.05, 3.63) is 23.8 Å². The largest absolute Gasteiger partial charge is 0.486 e. The number of piperazine rings is 1. The number of likely N-dealkylation sites (tertiary alicyclic amines) is 1. The van der Waals surface area contributed by atoms with Gasteiger partial charge in [-0.2, -0.15) is 0 Å². The zero-order valence-electron chi connectivity index (χ0n) is 21.5. The summed E-state index contributed by atoms with van der Waals surface area (Å²) in [7, 11) is 0. The second-order valence-corrected chi connectivity index (χ2v) is 11.0. The van der Waals surface area contributed by atoms with Crippen LogP contribution in [0.15, 0.2) is 18.2 Å². The topological polar surface area (TPSA) is 91.3 Å². The van der Waals surface area contributed by atoms with Crippen LogP contribution < -0.4 is 14.8 Å². The molecule has 1 aromatic rings. The molecule has 3 fully saturated rings. The molecule has 2 unspecified atom stereocenters. The highest BCUT2D eigenvalue weighted by molar-refractivity contribution is 6.00. The quantitative estimate of drug-likeness (QED) is 0.600. The van der Waals surface area contributed by atoms with Gasteiger partial charge in [-0.25, -0.2) is 0 Å². The number of nitrogens with one attached hydrogen (secondary N) is 1. The van der Waals surface area contributed by atoms with Crippen molar-refractivity contribution in [2.24, 2.45) is 5.92 Å². The molecule has 3 heterocycles. The minimum Gasteiger partial charge on any atom is -0.486 e. The van der Waals surface area contributed by atoms with Gasteiger partial charge < -0.3 is 24.8 Å². The maximum atomic E-state index is 13.8. The molecule has 2 atom stereocenters.